The number of nitrogens with one attached hydrogen (secondary N) is 1. The Hall–Kier alpha value is -2.10. The molecule has 0 unspecified atom stereocenters. The van der Waals surface area contributed by atoms with Crippen molar-refractivity contribution in [3.8, 4) is 5.69 Å². The van der Waals surface area contributed by atoms with Crippen molar-refractivity contribution in [1.82, 2.24) is 20.0 Å². The third-order valence-corrected chi connectivity index (χ3v) is 4.89. The number of rotatable bonds is 5. The van der Waals surface area contributed by atoms with Crippen molar-refractivity contribution in [3.63, 3.8) is 0 Å². The maximum absolute atomic E-state index is 11.7. The van der Waals surface area contributed by atoms with E-state index in [-0.39, 0.29) is 35.9 Å². The van der Waals surface area contributed by atoms with Gasteiger partial charge in [0.1, 0.15) is 0 Å². The van der Waals surface area contributed by atoms with Crippen LogP contribution in [-0.2, 0) is 16.0 Å². The van der Waals surface area contributed by atoms with Crippen LogP contribution in [0.3, 0.4) is 0 Å². The minimum atomic E-state index is -0.104. The Balaban J connectivity index is 0.00000280. The number of esters is 1. The zero-order chi connectivity index (χ0) is 19.1. The fourth-order valence-electron chi connectivity index (χ4n) is 3.36. The molecule has 0 radical (unpaired) electrons. The van der Waals surface area contributed by atoms with Gasteiger partial charge in [-0.05, 0) is 37.0 Å². The van der Waals surface area contributed by atoms with Crippen molar-refractivity contribution in [1.29, 1.82) is 0 Å². The molecule has 1 aromatic heterocycles. The van der Waals surface area contributed by atoms with E-state index in [9.17, 15) is 4.79 Å². The lowest BCUT2D eigenvalue weighted by molar-refractivity contribution is -0.146. The zero-order valence-corrected chi connectivity index (χ0v) is 18.7. The third kappa shape index (κ3) is 5.70. The Morgan fingerprint density at radius 3 is 2.64 bits per heavy atom. The van der Waals surface area contributed by atoms with Gasteiger partial charge < -0.3 is 15.0 Å². The van der Waals surface area contributed by atoms with Crippen molar-refractivity contribution < 1.29 is 9.53 Å². The number of benzene rings is 1. The molecular formula is C20H28IN5O2. The SMILES string of the molecule is CN=C(NCCc1cnn(-c2ccccc2)c1)N1CCC(C(=O)OC)CC1.I. The Bertz CT molecular complexity index is 770. The van der Waals surface area contributed by atoms with E-state index in [0.717, 1.165) is 50.5 Å². The highest BCUT2D eigenvalue weighted by molar-refractivity contribution is 14.0. The topological polar surface area (TPSA) is 71.8 Å². The number of methoxy groups -OCH3 is 1. The number of nitrogens with zero attached hydrogens (tertiary/aromatic N) is 4. The van der Waals surface area contributed by atoms with Crippen molar-refractivity contribution >= 4 is 35.9 Å². The number of ether oxygens (including phenoxy) is 1. The van der Waals surface area contributed by atoms with Gasteiger partial charge in [-0.3, -0.25) is 9.79 Å². The van der Waals surface area contributed by atoms with Gasteiger partial charge in [0.15, 0.2) is 5.96 Å². The number of halogens is 1. The normalized spacial score (nSPS) is 15.1. The summed E-state index contributed by atoms with van der Waals surface area (Å²) in [5.41, 5.74) is 2.23. The molecule has 0 saturated carbocycles. The minimum absolute atomic E-state index is 0. The molecule has 28 heavy (non-hydrogen) atoms. The quantitative estimate of drug-likeness (QED) is 0.298. The molecule has 0 spiro atoms. The molecule has 0 bridgehead atoms. The average molecular weight is 497 g/mol. The highest BCUT2D eigenvalue weighted by atomic mass is 127. The van der Waals surface area contributed by atoms with Crippen LogP contribution >= 0.6 is 24.0 Å². The highest BCUT2D eigenvalue weighted by Crippen LogP contribution is 2.18. The largest absolute Gasteiger partial charge is 0.469 e. The number of aliphatic imine (C=N–C) groups is 1. The summed E-state index contributed by atoms with van der Waals surface area (Å²) in [4.78, 5) is 18.2. The minimum Gasteiger partial charge on any atom is -0.469 e. The summed E-state index contributed by atoms with van der Waals surface area (Å²) in [7, 11) is 3.25. The summed E-state index contributed by atoms with van der Waals surface area (Å²) in [5, 5.41) is 7.85. The number of aromatic nitrogens is 2. The summed E-state index contributed by atoms with van der Waals surface area (Å²) in [6.07, 6.45) is 6.43. The van der Waals surface area contributed by atoms with Crippen LogP contribution in [0.5, 0.6) is 0 Å². The van der Waals surface area contributed by atoms with E-state index in [2.05, 4.69) is 26.5 Å². The van der Waals surface area contributed by atoms with Gasteiger partial charge in [-0.15, -0.1) is 24.0 Å². The maximum Gasteiger partial charge on any atom is 0.308 e. The highest BCUT2D eigenvalue weighted by Gasteiger charge is 2.26. The lowest BCUT2D eigenvalue weighted by atomic mass is 9.97. The molecule has 1 fully saturated rings. The molecule has 1 aliphatic heterocycles. The van der Waals surface area contributed by atoms with Crippen LogP contribution < -0.4 is 5.32 Å². The first-order valence-electron chi connectivity index (χ1n) is 9.33. The molecule has 2 heterocycles. The number of para-hydroxylation sites is 1. The fourth-order valence-corrected chi connectivity index (χ4v) is 3.36. The van der Waals surface area contributed by atoms with Gasteiger partial charge in [-0.1, -0.05) is 18.2 Å². The van der Waals surface area contributed by atoms with Crippen LogP contribution in [0.1, 0.15) is 18.4 Å². The third-order valence-electron chi connectivity index (χ3n) is 4.89. The molecule has 0 amide bonds. The molecule has 152 valence electrons. The number of hydrogen-bond donors (Lipinski definition) is 1. The maximum atomic E-state index is 11.7. The van der Waals surface area contributed by atoms with Gasteiger partial charge in [0.05, 0.1) is 24.9 Å². The van der Waals surface area contributed by atoms with Gasteiger partial charge in [-0.25, -0.2) is 4.68 Å². The summed E-state index contributed by atoms with van der Waals surface area (Å²) in [5.74, 6) is 0.787. The first kappa shape index (κ1) is 22.2. The predicted octanol–water partition coefficient (Wildman–Crippen LogP) is 2.49. The van der Waals surface area contributed by atoms with Crippen LogP contribution in [-0.4, -0.2) is 60.4 Å². The molecule has 0 atom stereocenters. The summed E-state index contributed by atoms with van der Waals surface area (Å²) in [6, 6.07) is 10.1. The van der Waals surface area contributed by atoms with E-state index in [1.54, 1.807) is 7.05 Å². The average Bonchev–Trinajstić information content (AvgIpc) is 3.20. The van der Waals surface area contributed by atoms with E-state index in [0.29, 0.717) is 0 Å². The standard InChI is InChI=1S/C20H27N5O2.HI/c1-21-20(24-12-9-17(10-13-24)19(26)27-2)22-11-8-16-14-23-25(15-16)18-6-4-3-5-7-18;/h3-7,14-15,17H,8-13H2,1-2H3,(H,21,22);1H. The van der Waals surface area contributed by atoms with Crippen LogP contribution in [0, 0.1) is 5.92 Å². The first-order valence-corrected chi connectivity index (χ1v) is 9.33. The van der Waals surface area contributed by atoms with Crippen LogP contribution in [0.15, 0.2) is 47.7 Å². The number of guanidine groups is 1. The summed E-state index contributed by atoms with van der Waals surface area (Å²) < 4.78 is 6.74. The molecule has 2 aromatic rings. The lowest BCUT2D eigenvalue weighted by Gasteiger charge is -2.33. The molecule has 1 aromatic carbocycles. The smallest absolute Gasteiger partial charge is 0.308 e. The molecule has 1 N–H and O–H groups in total. The predicted molar refractivity (Wildman–Crippen MR) is 120 cm³/mol. The number of piperidine rings is 1. The summed E-state index contributed by atoms with van der Waals surface area (Å²) >= 11 is 0. The van der Waals surface area contributed by atoms with Gasteiger partial charge in [0.2, 0.25) is 0 Å². The van der Waals surface area contributed by atoms with Crippen LogP contribution in [0.2, 0.25) is 0 Å². The van der Waals surface area contributed by atoms with Gasteiger partial charge in [0, 0.05) is 32.9 Å². The number of carbonyl (C=O) groups excluding carboxylic acids is 1. The van der Waals surface area contributed by atoms with Crippen LogP contribution in [0.4, 0.5) is 0 Å². The van der Waals surface area contributed by atoms with Crippen molar-refractivity contribution in [2.45, 2.75) is 19.3 Å². The van der Waals surface area contributed by atoms with Crippen LogP contribution in [0.25, 0.3) is 5.69 Å². The molecular weight excluding hydrogens is 469 g/mol. The van der Waals surface area contributed by atoms with E-state index in [1.165, 1.54) is 12.7 Å². The van der Waals surface area contributed by atoms with E-state index < -0.39 is 0 Å². The van der Waals surface area contributed by atoms with E-state index in [4.69, 9.17) is 4.74 Å². The Kier molecular flexibility index (Phi) is 8.75. The molecule has 1 saturated heterocycles. The molecule has 0 aliphatic carbocycles. The first-order chi connectivity index (χ1) is 13.2. The van der Waals surface area contributed by atoms with E-state index >= 15 is 0 Å². The Morgan fingerprint density at radius 1 is 1.29 bits per heavy atom. The van der Waals surface area contributed by atoms with E-state index in [1.807, 2.05) is 41.2 Å². The fraction of sp³-hybridized carbons (Fsp3) is 0.450. The monoisotopic (exact) mass is 497 g/mol. The number of carbonyl (C=O) groups is 1. The molecule has 1 aliphatic rings. The number of likely N-dealkylation sites (tertiary alicyclic amines) is 1. The van der Waals surface area contributed by atoms with Crippen molar-refractivity contribution in [2.24, 2.45) is 10.9 Å². The second-order valence-electron chi connectivity index (χ2n) is 6.64. The second-order valence-corrected chi connectivity index (χ2v) is 6.64. The Labute approximate surface area is 183 Å². The van der Waals surface area contributed by atoms with Gasteiger partial charge >= 0.3 is 5.97 Å². The Morgan fingerprint density at radius 2 is 2.00 bits per heavy atom. The second kappa shape index (κ2) is 11.0. The van der Waals surface area contributed by atoms with Gasteiger partial charge in [0.25, 0.3) is 0 Å². The van der Waals surface area contributed by atoms with Crippen molar-refractivity contribution in [2.75, 3.05) is 33.8 Å². The molecule has 7 nitrogen and oxygen atoms in total. The number of hydrogen-bond acceptors (Lipinski definition) is 4. The van der Waals surface area contributed by atoms with Crippen molar-refractivity contribution in [3.05, 3.63) is 48.3 Å². The molecule has 3 rings (SSSR count). The molecule has 8 heteroatoms. The lowest BCUT2D eigenvalue weighted by Crippen LogP contribution is -2.47. The van der Waals surface area contributed by atoms with Gasteiger partial charge in [-0.2, -0.15) is 5.10 Å². The zero-order valence-electron chi connectivity index (χ0n) is 16.4. The summed E-state index contributed by atoms with van der Waals surface area (Å²) in [6.45, 7) is 2.40.